The zero-order chi connectivity index (χ0) is 25.1. The van der Waals surface area contributed by atoms with E-state index in [9.17, 15) is 9.90 Å². The molecule has 0 amide bonds. The van der Waals surface area contributed by atoms with Crippen molar-refractivity contribution in [1.82, 2.24) is 4.31 Å². The molecular weight excluding hydrogens is 452 g/mol. The van der Waals surface area contributed by atoms with Gasteiger partial charge in [0.25, 0.3) is 0 Å². The van der Waals surface area contributed by atoms with Gasteiger partial charge in [0.1, 0.15) is 6.67 Å². The van der Waals surface area contributed by atoms with E-state index in [1.54, 1.807) is 12.1 Å². The molecule has 0 saturated heterocycles. The van der Waals surface area contributed by atoms with Crippen molar-refractivity contribution in [3.05, 3.63) is 82.1 Å². The van der Waals surface area contributed by atoms with Gasteiger partial charge in [-0.1, -0.05) is 64.1 Å². The normalized spacial score (nSPS) is 18.1. The van der Waals surface area contributed by atoms with Crippen LogP contribution in [0, 0.1) is 0 Å². The number of carboxylic acid groups (broad SMARTS) is 1. The second-order valence-electron chi connectivity index (χ2n) is 10.8. The smallest absolute Gasteiger partial charge is 0.335 e. The van der Waals surface area contributed by atoms with Gasteiger partial charge in [-0.15, -0.1) is 0 Å². The first-order valence-electron chi connectivity index (χ1n) is 12.4. The first-order valence-corrected chi connectivity index (χ1v) is 13.4. The number of nitrogens with zero attached hydrogens (tertiary/aromatic N) is 2. The highest BCUT2D eigenvalue weighted by atomic mass is 32.2. The quantitative estimate of drug-likeness (QED) is 0.240. The van der Waals surface area contributed by atoms with E-state index in [1.165, 1.54) is 35.1 Å². The Balaban J connectivity index is 1.60. The van der Waals surface area contributed by atoms with Gasteiger partial charge in [0.2, 0.25) is 0 Å². The van der Waals surface area contributed by atoms with Gasteiger partial charge in [0.15, 0.2) is 0 Å². The zero-order valence-electron chi connectivity index (χ0n) is 21.3. The number of aryl methyl sites for hydroxylation is 1. The number of carbonyl (C=O) groups is 1. The van der Waals surface area contributed by atoms with Crippen LogP contribution in [0.2, 0.25) is 0 Å². The third-order valence-corrected chi connectivity index (χ3v) is 8.28. The molecule has 0 aromatic heterocycles. The molecule has 4 nitrogen and oxygen atoms in total. The summed E-state index contributed by atoms with van der Waals surface area (Å²) in [4.78, 5) is 15.5. The molecule has 0 saturated carbocycles. The standard InChI is InChI=1S/C30H36N2O2S/c1-29(2)14-15-30(3,4)27-20-25(13-10-22-8-11-23(12-9-22)28(33)34)24(19-26(27)29)7-5-18-35-32-17-6-16-31-21-32/h6,8-13,16-17,19-20H,5,7,14-15,18,21H2,1-4H3,(H,33,34). The summed E-state index contributed by atoms with van der Waals surface area (Å²) < 4.78 is 2.18. The molecule has 2 aliphatic rings. The summed E-state index contributed by atoms with van der Waals surface area (Å²) in [6.07, 6.45) is 14.7. The number of benzene rings is 2. The molecule has 0 fully saturated rings. The van der Waals surface area contributed by atoms with Crippen molar-refractivity contribution in [1.29, 1.82) is 0 Å². The third kappa shape index (κ3) is 6.07. The van der Waals surface area contributed by atoms with E-state index in [0.717, 1.165) is 30.8 Å². The molecule has 5 heteroatoms. The van der Waals surface area contributed by atoms with Gasteiger partial charge in [-0.2, -0.15) is 0 Å². The van der Waals surface area contributed by atoms with Crippen LogP contribution in [0.1, 0.15) is 85.1 Å². The molecule has 4 rings (SSSR count). The van der Waals surface area contributed by atoms with Crippen LogP contribution in [-0.4, -0.2) is 34.0 Å². The zero-order valence-corrected chi connectivity index (χ0v) is 22.1. The van der Waals surface area contributed by atoms with Gasteiger partial charge >= 0.3 is 5.97 Å². The molecule has 0 radical (unpaired) electrons. The fourth-order valence-corrected chi connectivity index (χ4v) is 5.68. The monoisotopic (exact) mass is 488 g/mol. The van der Waals surface area contributed by atoms with Crippen LogP contribution in [0.5, 0.6) is 0 Å². The van der Waals surface area contributed by atoms with Gasteiger partial charge < -0.3 is 9.41 Å². The van der Waals surface area contributed by atoms with E-state index >= 15 is 0 Å². The number of fused-ring (bicyclic) bond motifs is 1. The topological polar surface area (TPSA) is 52.9 Å². The Labute approximate surface area is 214 Å². The molecule has 2 aromatic rings. The minimum absolute atomic E-state index is 0.159. The van der Waals surface area contributed by atoms with Gasteiger partial charge in [-0.3, -0.25) is 4.99 Å². The highest BCUT2D eigenvalue weighted by Crippen LogP contribution is 2.47. The van der Waals surface area contributed by atoms with Gasteiger partial charge in [-0.05, 0) is 94.5 Å². The molecular formula is C30H36N2O2S. The highest BCUT2D eigenvalue weighted by molar-refractivity contribution is 7.97. The number of allylic oxidation sites excluding steroid dienone is 1. The molecule has 0 unspecified atom stereocenters. The summed E-state index contributed by atoms with van der Waals surface area (Å²) in [5.41, 5.74) is 7.27. The summed E-state index contributed by atoms with van der Waals surface area (Å²) in [5, 5.41) is 9.18. The summed E-state index contributed by atoms with van der Waals surface area (Å²) >= 11 is 1.83. The molecule has 0 atom stereocenters. The summed E-state index contributed by atoms with van der Waals surface area (Å²) in [6, 6.07) is 12.0. The molecule has 1 heterocycles. The van der Waals surface area contributed by atoms with Crippen molar-refractivity contribution in [2.24, 2.45) is 4.99 Å². The SMILES string of the molecule is CC1(C)CCC(C)(C)c2cc(CCCSN3C=CC=NC3)c(C=Cc3ccc(C(=O)O)cc3)cc21. The minimum atomic E-state index is -0.896. The minimum Gasteiger partial charge on any atom is -0.478 e. The Kier molecular flexibility index (Phi) is 7.56. The first-order chi connectivity index (χ1) is 16.7. The van der Waals surface area contributed by atoms with Crippen molar-refractivity contribution in [2.45, 2.75) is 64.2 Å². The van der Waals surface area contributed by atoms with Crippen molar-refractivity contribution in [3.8, 4) is 0 Å². The lowest BCUT2D eigenvalue weighted by molar-refractivity contribution is 0.0697. The lowest BCUT2D eigenvalue weighted by Gasteiger charge is -2.42. The molecule has 35 heavy (non-hydrogen) atoms. The van der Waals surface area contributed by atoms with Crippen molar-refractivity contribution < 1.29 is 9.90 Å². The molecule has 0 spiro atoms. The average Bonchev–Trinajstić information content (AvgIpc) is 2.84. The van der Waals surface area contributed by atoms with E-state index < -0.39 is 5.97 Å². The van der Waals surface area contributed by atoms with Crippen LogP contribution in [0.25, 0.3) is 12.2 Å². The van der Waals surface area contributed by atoms with Gasteiger partial charge in [0.05, 0.1) is 5.56 Å². The fraction of sp³-hybridized carbons (Fsp3) is 0.400. The van der Waals surface area contributed by atoms with E-state index in [4.69, 9.17) is 0 Å². The Bertz CT molecular complexity index is 1160. The Hall–Kier alpha value is -2.79. The molecule has 1 aliphatic carbocycles. The fourth-order valence-electron chi connectivity index (χ4n) is 4.87. The van der Waals surface area contributed by atoms with Gasteiger partial charge in [0, 0.05) is 18.2 Å². The number of hydrogen-bond acceptors (Lipinski definition) is 4. The molecule has 1 N–H and O–H groups in total. The second kappa shape index (κ2) is 10.4. The lowest BCUT2D eigenvalue weighted by atomic mass is 9.62. The predicted octanol–water partition coefficient (Wildman–Crippen LogP) is 7.34. The largest absolute Gasteiger partial charge is 0.478 e. The van der Waals surface area contributed by atoms with Crippen LogP contribution < -0.4 is 0 Å². The van der Waals surface area contributed by atoms with Crippen LogP contribution in [0.3, 0.4) is 0 Å². The Morgan fingerprint density at radius 3 is 2.37 bits per heavy atom. The lowest BCUT2D eigenvalue weighted by Crippen LogP contribution is -2.34. The average molecular weight is 489 g/mol. The van der Waals surface area contributed by atoms with Crippen LogP contribution in [-0.2, 0) is 17.3 Å². The molecule has 184 valence electrons. The van der Waals surface area contributed by atoms with Crippen LogP contribution >= 0.6 is 11.9 Å². The number of aromatic carboxylic acids is 1. The number of rotatable bonds is 8. The highest BCUT2D eigenvalue weighted by Gasteiger charge is 2.37. The number of hydrogen-bond donors (Lipinski definition) is 1. The Morgan fingerprint density at radius 2 is 1.74 bits per heavy atom. The number of aliphatic imine (C=N–C) groups is 1. The predicted molar refractivity (Wildman–Crippen MR) is 149 cm³/mol. The Morgan fingerprint density at radius 1 is 1.06 bits per heavy atom. The van der Waals surface area contributed by atoms with E-state index in [1.807, 2.05) is 36.4 Å². The summed E-state index contributed by atoms with van der Waals surface area (Å²) in [6.45, 7) is 10.2. The molecule has 0 bridgehead atoms. The van der Waals surface area contributed by atoms with E-state index in [-0.39, 0.29) is 10.8 Å². The van der Waals surface area contributed by atoms with Crippen molar-refractivity contribution in [3.63, 3.8) is 0 Å². The maximum atomic E-state index is 11.2. The van der Waals surface area contributed by atoms with Crippen LogP contribution in [0.4, 0.5) is 0 Å². The van der Waals surface area contributed by atoms with E-state index in [2.05, 4.69) is 67.5 Å². The summed E-state index contributed by atoms with van der Waals surface area (Å²) in [5.74, 6) is 0.151. The van der Waals surface area contributed by atoms with Crippen molar-refractivity contribution >= 4 is 36.3 Å². The maximum absolute atomic E-state index is 11.2. The van der Waals surface area contributed by atoms with E-state index in [0.29, 0.717) is 5.56 Å². The third-order valence-electron chi connectivity index (χ3n) is 7.24. The van der Waals surface area contributed by atoms with Crippen molar-refractivity contribution in [2.75, 3.05) is 12.4 Å². The van der Waals surface area contributed by atoms with Crippen LogP contribution in [0.15, 0.2) is 53.7 Å². The molecule has 2 aromatic carbocycles. The second-order valence-corrected chi connectivity index (χ2v) is 11.9. The molecule has 1 aliphatic heterocycles. The first kappa shape index (κ1) is 25.3. The summed E-state index contributed by atoms with van der Waals surface area (Å²) in [7, 11) is 0. The van der Waals surface area contributed by atoms with Gasteiger partial charge in [-0.25, -0.2) is 4.79 Å². The maximum Gasteiger partial charge on any atom is 0.335 e. The number of carboxylic acids is 1.